The lowest BCUT2D eigenvalue weighted by molar-refractivity contribution is 0.308. The highest BCUT2D eigenvalue weighted by molar-refractivity contribution is 9.10. The monoisotopic (exact) mass is 345 g/mol. The Hall–Kier alpha value is -1.32. The molecule has 1 fully saturated rings. The van der Waals surface area contributed by atoms with Crippen LogP contribution < -0.4 is 10.1 Å². The molecule has 3 rings (SSSR count). The van der Waals surface area contributed by atoms with E-state index in [9.17, 15) is 0 Å². The molecular formula is C18H20BrNO. The van der Waals surface area contributed by atoms with Crippen molar-refractivity contribution in [1.29, 1.82) is 0 Å². The van der Waals surface area contributed by atoms with E-state index in [0.717, 1.165) is 35.8 Å². The molecule has 2 aromatic carbocycles. The maximum atomic E-state index is 5.77. The minimum absolute atomic E-state index is 0.775. The Morgan fingerprint density at radius 1 is 0.952 bits per heavy atom. The van der Waals surface area contributed by atoms with E-state index in [1.54, 1.807) is 0 Å². The summed E-state index contributed by atoms with van der Waals surface area (Å²) in [4.78, 5) is 0. The summed E-state index contributed by atoms with van der Waals surface area (Å²) in [5.74, 6) is 0.947. The molecule has 0 aliphatic heterocycles. The van der Waals surface area contributed by atoms with Crippen LogP contribution >= 0.6 is 15.9 Å². The van der Waals surface area contributed by atoms with E-state index in [4.69, 9.17) is 4.74 Å². The van der Waals surface area contributed by atoms with Crippen molar-refractivity contribution < 1.29 is 4.74 Å². The van der Waals surface area contributed by atoms with Crippen LogP contribution in [-0.2, 0) is 0 Å². The largest absolute Gasteiger partial charge is 0.494 e. The molecule has 0 saturated heterocycles. The van der Waals surface area contributed by atoms with Crippen molar-refractivity contribution in [2.75, 3.05) is 13.2 Å². The van der Waals surface area contributed by atoms with Gasteiger partial charge in [-0.15, -0.1) is 0 Å². The van der Waals surface area contributed by atoms with Crippen molar-refractivity contribution >= 4 is 15.9 Å². The van der Waals surface area contributed by atoms with Crippen LogP contribution in [0.25, 0.3) is 11.1 Å². The number of nitrogens with one attached hydrogen (secondary N) is 1. The number of hydrogen-bond acceptors (Lipinski definition) is 2. The highest BCUT2D eigenvalue weighted by Crippen LogP contribution is 2.24. The van der Waals surface area contributed by atoms with Crippen molar-refractivity contribution in [2.45, 2.75) is 25.3 Å². The summed E-state index contributed by atoms with van der Waals surface area (Å²) in [5.41, 5.74) is 2.43. The highest BCUT2D eigenvalue weighted by atomic mass is 79.9. The summed E-state index contributed by atoms with van der Waals surface area (Å²) >= 11 is 3.46. The molecule has 0 spiro atoms. The fourth-order valence-electron chi connectivity index (χ4n) is 2.24. The molecular weight excluding hydrogens is 326 g/mol. The van der Waals surface area contributed by atoms with Crippen LogP contribution in [0.1, 0.15) is 19.3 Å². The van der Waals surface area contributed by atoms with Gasteiger partial charge in [0.15, 0.2) is 0 Å². The fourth-order valence-corrected chi connectivity index (χ4v) is 2.51. The van der Waals surface area contributed by atoms with E-state index in [2.05, 4.69) is 57.6 Å². The number of benzene rings is 2. The Balaban J connectivity index is 1.47. The second-order valence-corrected chi connectivity index (χ2v) is 6.38. The Morgan fingerprint density at radius 2 is 1.57 bits per heavy atom. The lowest BCUT2D eigenvalue weighted by Crippen LogP contribution is -2.19. The summed E-state index contributed by atoms with van der Waals surface area (Å²) in [6.45, 7) is 1.83. The van der Waals surface area contributed by atoms with Crippen LogP contribution in [0.3, 0.4) is 0 Å². The Bertz CT molecular complexity index is 561. The zero-order valence-corrected chi connectivity index (χ0v) is 13.6. The summed E-state index contributed by atoms with van der Waals surface area (Å²) in [7, 11) is 0. The zero-order valence-electron chi connectivity index (χ0n) is 12.0. The molecule has 1 aliphatic carbocycles. The molecule has 0 heterocycles. The van der Waals surface area contributed by atoms with Crippen LogP contribution in [0.4, 0.5) is 0 Å². The maximum absolute atomic E-state index is 5.77. The van der Waals surface area contributed by atoms with Crippen LogP contribution in [0.2, 0.25) is 0 Å². The molecule has 0 bridgehead atoms. The molecule has 0 amide bonds. The maximum Gasteiger partial charge on any atom is 0.119 e. The first-order valence-corrected chi connectivity index (χ1v) is 8.33. The first-order chi connectivity index (χ1) is 10.3. The average molecular weight is 346 g/mol. The molecule has 0 atom stereocenters. The third-order valence-electron chi connectivity index (χ3n) is 3.63. The van der Waals surface area contributed by atoms with Gasteiger partial charge in [0, 0.05) is 10.5 Å². The van der Waals surface area contributed by atoms with Gasteiger partial charge in [0.05, 0.1) is 6.61 Å². The first kappa shape index (κ1) is 14.6. The summed E-state index contributed by atoms with van der Waals surface area (Å²) in [6.07, 6.45) is 3.75. The second kappa shape index (κ2) is 7.10. The quantitative estimate of drug-likeness (QED) is 0.738. The normalized spacial score (nSPS) is 14.1. The van der Waals surface area contributed by atoms with E-state index in [1.807, 2.05) is 12.1 Å². The van der Waals surface area contributed by atoms with Crippen LogP contribution in [0.5, 0.6) is 5.75 Å². The summed E-state index contributed by atoms with van der Waals surface area (Å²) < 4.78 is 6.87. The third kappa shape index (κ3) is 4.58. The van der Waals surface area contributed by atoms with Gasteiger partial charge in [-0.3, -0.25) is 0 Å². The van der Waals surface area contributed by atoms with Gasteiger partial charge in [-0.25, -0.2) is 0 Å². The number of rotatable bonds is 7. The molecule has 0 radical (unpaired) electrons. The SMILES string of the molecule is Brc1ccc(-c2ccc(OCCCNC3CC3)cc2)cc1. The van der Waals surface area contributed by atoms with Gasteiger partial charge < -0.3 is 10.1 Å². The van der Waals surface area contributed by atoms with Crippen LogP contribution in [-0.4, -0.2) is 19.2 Å². The molecule has 2 nitrogen and oxygen atoms in total. The molecule has 0 unspecified atom stereocenters. The van der Waals surface area contributed by atoms with Gasteiger partial charge >= 0.3 is 0 Å². The summed E-state index contributed by atoms with van der Waals surface area (Å²) in [5, 5.41) is 3.49. The van der Waals surface area contributed by atoms with Crippen LogP contribution in [0, 0.1) is 0 Å². The zero-order chi connectivity index (χ0) is 14.5. The van der Waals surface area contributed by atoms with Gasteiger partial charge in [0.25, 0.3) is 0 Å². The van der Waals surface area contributed by atoms with Crippen molar-refractivity contribution in [3.05, 3.63) is 53.0 Å². The van der Waals surface area contributed by atoms with Crippen LogP contribution in [0.15, 0.2) is 53.0 Å². The average Bonchev–Trinajstić information content (AvgIpc) is 3.33. The molecule has 1 N–H and O–H groups in total. The standard InChI is InChI=1S/C18H20BrNO/c19-16-6-2-14(3-7-16)15-4-10-18(11-5-15)21-13-1-12-20-17-8-9-17/h2-7,10-11,17,20H,1,8-9,12-13H2. The molecule has 1 aliphatic rings. The van der Waals surface area contributed by atoms with Gasteiger partial charge in [0.1, 0.15) is 5.75 Å². The second-order valence-electron chi connectivity index (χ2n) is 5.46. The van der Waals surface area contributed by atoms with Crippen molar-refractivity contribution in [3.63, 3.8) is 0 Å². The van der Waals surface area contributed by atoms with E-state index < -0.39 is 0 Å². The van der Waals surface area contributed by atoms with Gasteiger partial charge in [-0.05, 0) is 61.2 Å². The minimum Gasteiger partial charge on any atom is -0.494 e. The van der Waals surface area contributed by atoms with Crippen molar-refractivity contribution in [3.8, 4) is 16.9 Å². The molecule has 1 saturated carbocycles. The van der Waals surface area contributed by atoms with Gasteiger partial charge in [-0.1, -0.05) is 40.2 Å². The van der Waals surface area contributed by atoms with Gasteiger partial charge in [-0.2, -0.15) is 0 Å². The molecule has 0 aromatic heterocycles. The predicted octanol–water partition coefficient (Wildman–Crippen LogP) is 4.64. The lowest BCUT2D eigenvalue weighted by atomic mass is 10.1. The van der Waals surface area contributed by atoms with Crippen molar-refractivity contribution in [2.24, 2.45) is 0 Å². The van der Waals surface area contributed by atoms with Gasteiger partial charge in [0.2, 0.25) is 0 Å². The number of ether oxygens (including phenoxy) is 1. The van der Waals surface area contributed by atoms with E-state index in [1.165, 1.54) is 24.0 Å². The van der Waals surface area contributed by atoms with E-state index >= 15 is 0 Å². The molecule has 110 valence electrons. The Kier molecular flexibility index (Phi) is 4.94. The fraction of sp³-hybridized carbons (Fsp3) is 0.333. The topological polar surface area (TPSA) is 21.3 Å². The minimum atomic E-state index is 0.775. The smallest absolute Gasteiger partial charge is 0.119 e. The predicted molar refractivity (Wildman–Crippen MR) is 90.7 cm³/mol. The third-order valence-corrected chi connectivity index (χ3v) is 4.16. The van der Waals surface area contributed by atoms with Crippen molar-refractivity contribution in [1.82, 2.24) is 5.32 Å². The highest BCUT2D eigenvalue weighted by Gasteiger charge is 2.19. The lowest BCUT2D eigenvalue weighted by Gasteiger charge is -2.08. The number of hydrogen-bond donors (Lipinski definition) is 1. The molecule has 21 heavy (non-hydrogen) atoms. The first-order valence-electron chi connectivity index (χ1n) is 7.53. The van der Waals surface area contributed by atoms with E-state index in [0.29, 0.717) is 0 Å². The molecule has 2 aromatic rings. The van der Waals surface area contributed by atoms with E-state index in [-0.39, 0.29) is 0 Å². The Morgan fingerprint density at radius 3 is 2.19 bits per heavy atom. The summed E-state index contributed by atoms with van der Waals surface area (Å²) in [6, 6.07) is 17.5. The number of halogens is 1. The molecule has 3 heteroatoms. The Labute approximate surface area is 134 Å².